The molecular formula is C25H31N5O4S. The lowest BCUT2D eigenvalue weighted by atomic mass is 10.1. The van der Waals surface area contributed by atoms with Crippen LogP contribution in [-0.2, 0) is 4.79 Å². The van der Waals surface area contributed by atoms with Gasteiger partial charge in [0.15, 0.2) is 16.7 Å². The van der Waals surface area contributed by atoms with Crippen LogP contribution in [0.4, 0.5) is 11.6 Å². The smallest absolute Gasteiger partial charge is 0.237 e. The van der Waals surface area contributed by atoms with E-state index >= 15 is 0 Å². The van der Waals surface area contributed by atoms with Crippen molar-refractivity contribution in [3.05, 3.63) is 42.5 Å². The van der Waals surface area contributed by atoms with Gasteiger partial charge in [-0.15, -0.1) is 10.2 Å². The van der Waals surface area contributed by atoms with Crippen molar-refractivity contribution >= 4 is 29.3 Å². The van der Waals surface area contributed by atoms with E-state index in [4.69, 9.17) is 14.2 Å². The van der Waals surface area contributed by atoms with Crippen LogP contribution in [0, 0.1) is 0 Å². The second-order valence-corrected chi connectivity index (χ2v) is 9.46. The number of nitrogens with one attached hydrogen (secondary N) is 1. The summed E-state index contributed by atoms with van der Waals surface area (Å²) in [6, 6.07) is 13.1. The molecular weight excluding hydrogens is 466 g/mol. The number of aromatic nitrogens is 3. The van der Waals surface area contributed by atoms with Crippen molar-refractivity contribution in [2.75, 3.05) is 44.6 Å². The number of nitrogens with zero attached hydrogens (tertiary/aromatic N) is 4. The zero-order valence-electron chi connectivity index (χ0n) is 20.5. The number of benzene rings is 2. The van der Waals surface area contributed by atoms with Gasteiger partial charge in [0.25, 0.3) is 0 Å². The highest BCUT2D eigenvalue weighted by atomic mass is 32.2. The molecule has 0 saturated carbocycles. The molecule has 1 atom stereocenters. The molecule has 1 aliphatic rings. The van der Waals surface area contributed by atoms with Crippen LogP contribution in [0.2, 0.25) is 0 Å². The summed E-state index contributed by atoms with van der Waals surface area (Å²) in [5.41, 5.74) is 1.47. The fourth-order valence-electron chi connectivity index (χ4n) is 4.03. The summed E-state index contributed by atoms with van der Waals surface area (Å²) in [4.78, 5) is 15.3. The van der Waals surface area contributed by atoms with Gasteiger partial charge < -0.3 is 24.4 Å². The van der Waals surface area contributed by atoms with E-state index in [0.29, 0.717) is 22.3 Å². The second kappa shape index (κ2) is 11.4. The summed E-state index contributed by atoms with van der Waals surface area (Å²) in [5.74, 6) is 2.48. The minimum absolute atomic E-state index is 0.156. The monoisotopic (exact) mass is 497 g/mol. The van der Waals surface area contributed by atoms with Gasteiger partial charge in [-0.1, -0.05) is 23.9 Å². The summed E-state index contributed by atoms with van der Waals surface area (Å²) >= 11 is 1.35. The van der Waals surface area contributed by atoms with Crippen LogP contribution < -0.4 is 24.4 Å². The number of amides is 1. The predicted molar refractivity (Wildman–Crippen MR) is 137 cm³/mol. The number of anilines is 2. The van der Waals surface area contributed by atoms with E-state index in [9.17, 15) is 4.79 Å². The average Bonchev–Trinajstić information content (AvgIpc) is 3.32. The molecule has 9 nitrogen and oxygen atoms in total. The number of thioether (sulfide) groups is 1. The van der Waals surface area contributed by atoms with Gasteiger partial charge in [0, 0.05) is 24.8 Å². The molecule has 4 rings (SSSR count). The zero-order valence-corrected chi connectivity index (χ0v) is 21.3. The molecule has 35 heavy (non-hydrogen) atoms. The molecule has 0 aliphatic carbocycles. The molecule has 1 aliphatic heterocycles. The van der Waals surface area contributed by atoms with E-state index in [2.05, 4.69) is 20.4 Å². The number of hydrogen-bond donors (Lipinski definition) is 1. The van der Waals surface area contributed by atoms with Crippen LogP contribution in [0.25, 0.3) is 5.69 Å². The van der Waals surface area contributed by atoms with E-state index < -0.39 is 5.25 Å². The van der Waals surface area contributed by atoms with E-state index in [0.717, 1.165) is 43.3 Å². The Morgan fingerprint density at radius 1 is 0.943 bits per heavy atom. The maximum absolute atomic E-state index is 13.1. The van der Waals surface area contributed by atoms with Crippen LogP contribution in [0.3, 0.4) is 0 Å². The number of ether oxygens (including phenoxy) is 3. The lowest BCUT2D eigenvalue weighted by Gasteiger charge is -2.28. The van der Waals surface area contributed by atoms with Crippen molar-refractivity contribution in [2.45, 2.75) is 36.6 Å². The molecule has 186 valence electrons. The Morgan fingerprint density at radius 3 is 2.37 bits per heavy atom. The van der Waals surface area contributed by atoms with Gasteiger partial charge in [-0.05, 0) is 50.5 Å². The van der Waals surface area contributed by atoms with Crippen molar-refractivity contribution in [1.82, 2.24) is 14.8 Å². The summed E-state index contributed by atoms with van der Waals surface area (Å²) < 4.78 is 18.2. The highest BCUT2D eigenvalue weighted by molar-refractivity contribution is 8.00. The first kappa shape index (κ1) is 24.7. The Hall–Kier alpha value is -3.40. The van der Waals surface area contributed by atoms with Gasteiger partial charge >= 0.3 is 0 Å². The minimum Gasteiger partial charge on any atom is -0.495 e. The fraction of sp³-hybridized carbons (Fsp3) is 0.400. The number of hydrogen-bond acceptors (Lipinski definition) is 8. The van der Waals surface area contributed by atoms with Gasteiger partial charge in [-0.3, -0.25) is 9.36 Å². The topological polar surface area (TPSA) is 90.7 Å². The maximum atomic E-state index is 13.1. The third kappa shape index (κ3) is 5.48. The number of piperidine rings is 1. The number of carbonyl (C=O) groups excluding carboxylic acids is 1. The summed E-state index contributed by atoms with van der Waals surface area (Å²) in [7, 11) is 4.78. The van der Waals surface area contributed by atoms with Crippen molar-refractivity contribution in [2.24, 2.45) is 0 Å². The van der Waals surface area contributed by atoms with E-state index in [-0.39, 0.29) is 5.91 Å². The first-order chi connectivity index (χ1) is 17.0. The Bertz CT molecular complexity index is 1160. The molecule has 2 heterocycles. The average molecular weight is 498 g/mol. The molecule has 1 fully saturated rings. The van der Waals surface area contributed by atoms with Crippen molar-refractivity contribution in [3.63, 3.8) is 0 Å². The molecule has 0 spiro atoms. The lowest BCUT2D eigenvalue weighted by Crippen LogP contribution is -2.32. The first-order valence-electron chi connectivity index (χ1n) is 11.6. The first-order valence-corrected chi connectivity index (χ1v) is 12.5. The molecule has 3 aromatic rings. The lowest BCUT2D eigenvalue weighted by molar-refractivity contribution is -0.115. The van der Waals surface area contributed by atoms with Gasteiger partial charge in [0.1, 0.15) is 5.75 Å². The summed E-state index contributed by atoms with van der Waals surface area (Å²) in [5, 5.41) is 12.2. The standard InChI is InChI=1S/C25H31N5O4S/c1-17(23(31)26-18-12-13-21(33-3)22(16-18)34-4)35-25-28-27-24(29-14-8-5-9-15-29)30(25)19-10-6-7-11-20(19)32-2/h6-7,10-13,16-17H,5,8-9,14-15H2,1-4H3,(H,26,31). The molecule has 2 aromatic carbocycles. The quantitative estimate of drug-likeness (QED) is 0.435. The normalized spacial score (nSPS) is 14.3. The van der Waals surface area contributed by atoms with Crippen LogP contribution in [0.1, 0.15) is 26.2 Å². The molecule has 1 unspecified atom stereocenters. The molecule has 0 radical (unpaired) electrons. The molecule has 1 saturated heterocycles. The highest BCUT2D eigenvalue weighted by Gasteiger charge is 2.26. The summed E-state index contributed by atoms with van der Waals surface area (Å²) in [6.45, 7) is 3.70. The number of para-hydroxylation sites is 2. The largest absolute Gasteiger partial charge is 0.495 e. The number of methoxy groups -OCH3 is 3. The Kier molecular flexibility index (Phi) is 8.02. The highest BCUT2D eigenvalue weighted by Crippen LogP contribution is 2.35. The van der Waals surface area contributed by atoms with Crippen molar-refractivity contribution in [3.8, 4) is 22.9 Å². The van der Waals surface area contributed by atoms with Gasteiger partial charge in [-0.25, -0.2) is 0 Å². The zero-order chi connectivity index (χ0) is 24.8. The molecule has 10 heteroatoms. The Labute approximate surface area is 209 Å². The van der Waals surface area contributed by atoms with Crippen molar-refractivity contribution in [1.29, 1.82) is 0 Å². The van der Waals surface area contributed by atoms with E-state index in [1.165, 1.54) is 18.2 Å². The number of carbonyl (C=O) groups is 1. The number of rotatable bonds is 9. The maximum Gasteiger partial charge on any atom is 0.237 e. The SMILES string of the molecule is COc1ccc(NC(=O)C(C)Sc2nnc(N3CCCCC3)n2-c2ccccc2OC)cc1OC. The van der Waals surface area contributed by atoms with Gasteiger partial charge in [-0.2, -0.15) is 0 Å². The fourth-order valence-corrected chi connectivity index (χ4v) is 4.89. The van der Waals surface area contributed by atoms with Crippen molar-refractivity contribution < 1.29 is 19.0 Å². The molecule has 1 N–H and O–H groups in total. The third-order valence-electron chi connectivity index (χ3n) is 5.88. The second-order valence-electron chi connectivity index (χ2n) is 8.16. The van der Waals surface area contributed by atoms with Crippen LogP contribution in [0.5, 0.6) is 17.2 Å². The van der Waals surface area contributed by atoms with Crippen LogP contribution in [-0.4, -0.2) is 60.3 Å². The Balaban J connectivity index is 1.59. The van der Waals surface area contributed by atoms with Gasteiger partial charge in [0.2, 0.25) is 11.9 Å². The minimum atomic E-state index is -0.435. The molecule has 0 bridgehead atoms. The van der Waals surface area contributed by atoms with E-state index in [1.807, 2.05) is 35.8 Å². The molecule has 1 aromatic heterocycles. The molecule has 1 amide bonds. The Morgan fingerprint density at radius 2 is 1.66 bits per heavy atom. The summed E-state index contributed by atoms with van der Waals surface area (Å²) in [6.07, 6.45) is 3.45. The van der Waals surface area contributed by atoms with Crippen LogP contribution in [0.15, 0.2) is 47.6 Å². The van der Waals surface area contributed by atoms with Gasteiger partial charge in [0.05, 0.1) is 32.3 Å². The predicted octanol–water partition coefficient (Wildman–Crippen LogP) is 4.40. The van der Waals surface area contributed by atoms with Crippen LogP contribution >= 0.6 is 11.8 Å². The third-order valence-corrected chi connectivity index (χ3v) is 6.93. The van der Waals surface area contributed by atoms with E-state index in [1.54, 1.807) is 39.5 Å².